The largest absolute Gasteiger partial charge is 0.268 e. The van der Waals surface area contributed by atoms with Gasteiger partial charge >= 0.3 is 0 Å². The number of hydrogen-bond acceptors (Lipinski definition) is 2. The second-order valence-corrected chi connectivity index (χ2v) is 6.09. The molecule has 3 heteroatoms. The van der Waals surface area contributed by atoms with Crippen molar-refractivity contribution < 1.29 is 0 Å². The van der Waals surface area contributed by atoms with Gasteiger partial charge in [-0.2, -0.15) is 0 Å². The summed E-state index contributed by atoms with van der Waals surface area (Å²) >= 11 is 0. The molecule has 0 amide bonds. The summed E-state index contributed by atoms with van der Waals surface area (Å²) < 4.78 is 1.65. The maximum absolute atomic E-state index is 13.1. The van der Waals surface area contributed by atoms with Crippen molar-refractivity contribution in [1.29, 1.82) is 0 Å². The highest BCUT2D eigenvalue weighted by Crippen LogP contribution is 2.14. The monoisotopic (exact) mass is 350 g/mol. The zero-order chi connectivity index (χ0) is 18.5. The Morgan fingerprint density at radius 2 is 1.33 bits per heavy atom. The normalized spacial score (nSPS) is 11.6. The molecular formula is C24H18N2O. The minimum atomic E-state index is -0.0708. The van der Waals surface area contributed by atoms with Gasteiger partial charge in [-0.25, -0.2) is 4.98 Å². The van der Waals surface area contributed by atoms with Crippen LogP contribution in [0.1, 0.15) is 11.4 Å². The van der Waals surface area contributed by atoms with Gasteiger partial charge in [-0.3, -0.25) is 9.36 Å². The van der Waals surface area contributed by atoms with Crippen molar-refractivity contribution in [2.45, 2.75) is 0 Å². The molecular weight excluding hydrogens is 332 g/mol. The molecule has 3 aromatic carbocycles. The molecule has 4 aromatic rings. The van der Waals surface area contributed by atoms with E-state index in [1.54, 1.807) is 4.57 Å². The van der Waals surface area contributed by atoms with Crippen LogP contribution in [-0.2, 0) is 0 Å². The molecule has 4 rings (SSSR count). The molecule has 0 N–H and O–H groups in total. The molecule has 0 atom stereocenters. The second kappa shape index (κ2) is 7.67. The highest BCUT2D eigenvalue weighted by Gasteiger charge is 2.10. The first-order valence-corrected chi connectivity index (χ1v) is 8.80. The van der Waals surface area contributed by atoms with E-state index >= 15 is 0 Å². The molecule has 0 bridgehead atoms. The maximum atomic E-state index is 13.1. The fourth-order valence-electron chi connectivity index (χ4n) is 2.96. The SMILES string of the molecule is O=c1c2ccccc2nc(C=CC=Cc2ccccc2)n1-c1ccccc1. The predicted octanol–water partition coefficient (Wildman–Crippen LogP) is 5.11. The van der Waals surface area contributed by atoms with Gasteiger partial charge in [-0.1, -0.05) is 78.9 Å². The van der Waals surface area contributed by atoms with Crippen LogP contribution in [-0.4, -0.2) is 9.55 Å². The lowest BCUT2D eigenvalue weighted by atomic mass is 10.2. The quantitative estimate of drug-likeness (QED) is 0.479. The number of benzene rings is 3. The average molecular weight is 350 g/mol. The van der Waals surface area contributed by atoms with E-state index in [0.717, 1.165) is 11.3 Å². The van der Waals surface area contributed by atoms with Gasteiger partial charge in [0, 0.05) is 0 Å². The first-order valence-electron chi connectivity index (χ1n) is 8.80. The van der Waals surface area contributed by atoms with Crippen LogP contribution in [0.15, 0.2) is 102 Å². The smallest absolute Gasteiger partial charge is 0.266 e. The van der Waals surface area contributed by atoms with E-state index in [9.17, 15) is 4.79 Å². The summed E-state index contributed by atoms with van der Waals surface area (Å²) in [5.41, 5.74) is 2.54. The van der Waals surface area contributed by atoms with Crippen LogP contribution in [0.25, 0.3) is 28.7 Å². The summed E-state index contributed by atoms with van der Waals surface area (Å²) in [6.07, 6.45) is 7.73. The molecule has 0 aliphatic heterocycles. The lowest BCUT2D eigenvalue weighted by Crippen LogP contribution is -2.22. The zero-order valence-corrected chi connectivity index (χ0v) is 14.7. The van der Waals surface area contributed by atoms with Crippen molar-refractivity contribution in [1.82, 2.24) is 9.55 Å². The Hall–Kier alpha value is -3.72. The fourth-order valence-corrected chi connectivity index (χ4v) is 2.96. The van der Waals surface area contributed by atoms with Gasteiger partial charge in [0.25, 0.3) is 5.56 Å². The molecule has 1 aromatic heterocycles. The van der Waals surface area contributed by atoms with Gasteiger partial charge in [0.2, 0.25) is 0 Å². The number of rotatable bonds is 4. The first kappa shape index (κ1) is 16.7. The van der Waals surface area contributed by atoms with E-state index < -0.39 is 0 Å². The van der Waals surface area contributed by atoms with E-state index in [0.29, 0.717) is 16.7 Å². The van der Waals surface area contributed by atoms with Crippen LogP contribution in [0, 0.1) is 0 Å². The Bertz CT molecular complexity index is 1170. The predicted molar refractivity (Wildman–Crippen MR) is 112 cm³/mol. The van der Waals surface area contributed by atoms with E-state index in [1.165, 1.54) is 0 Å². The van der Waals surface area contributed by atoms with Crippen molar-refractivity contribution in [3.63, 3.8) is 0 Å². The topological polar surface area (TPSA) is 34.9 Å². The van der Waals surface area contributed by atoms with Gasteiger partial charge < -0.3 is 0 Å². The average Bonchev–Trinajstić information content (AvgIpc) is 2.73. The summed E-state index contributed by atoms with van der Waals surface area (Å²) in [6, 6.07) is 27.1. The molecule has 0 saturated carbocycles. The molecule has 0 spiro atoms. The highest BCUT2D eigenvalue weighted by atomic mass is 16.1. The van der Waals surface area contributed by atoms with Gasteiger partial charge in [0.05, 0.1) is 16.6 Å². The number of aromatic nitrogens is 2. The third kappa shape index (κ3) is 3.62. The number of fused-ring (bicyclic) bond motifs is 1. The third-order valence-corrected chi connectivity index (χ3v) is 4.26. The lowest BCUT2D eigenvalue weighted by molar-refractivity contribution is 0.943. The summed E-state index contributed by atoms with van der Waals surface area (Å²) in [7, 11) is 0. The lowest BCUT2D eigenvalue weighted by Gasteiger charge is -2.11. The summed E-state index contributed by atoms with van der Waals surface area (Å²) in [5, 5.41) is 0.610. The van der Waals surface area contributed by atoms with E-state index in [4.69, 9.17) is 4.98 Å². The number of para-hydroxylation sites is 2. The molecule has 0 fully saturated rings. The maximum Gasteiger partial charge on any atom is 0.266 e. The van der Waals surface area contributed by atoms with Crippen molar-refractivity contribution in [2.24, 2.45) is 0 Å². The number of allylic oxidation sites excluding steroid dienone is 2. The Morgan fingerprint density at radius 1 is 0.704 bits per heavy atom. The summed E-state index contributed by atoms with van der Waals surface area (Å²) in [5.74, 6) is 0.600. The van der Waals surface area contributed by atoms with Crippen LogP contribution < -0.4 is 5.56 Å². The van der Waals surface area contributed by atoms with Gasteiger partial charge in [0.15, 0.2) is 0 Å². The van der Waals surface area contributed by atoms with Gasteiger partial charge in [0.1, 0.15) is 5.82 Å². The summed E-state index contributed by atoms with van der Waals surface area (Å²) in [6.45, 7) is 0. The Balaban J connectivity index is 1.80. The number of hydrogen-bond donors (Lipinski definition) is 0. The van der Waals surface area contributed by atoms with Crippen LogP contribution in [0.4, 0.5) is 0 Å². The molecule has 27 heavy (non-hydrogen) atoms. The molecule has 0 unspecified atom stereocenters. The third-order valence-electron chi connectivity index (χ3n) is 4.26. The van der Waals surface area contributed by atoms with E-state index in [-0.39, 0.29) is 5.56 Å². The van der Waals surface area contributed by atoms with Crippen molar-refractivity contribution in [3.05, 3.63) is 119 Å². The zero-order valence-electron chi connectivity index (χ0n) is 14.7. The van der Waals surface area contributed by atoms with Crippen molar-refractivity contribution in [2.75, 3.05) is 0 Å². The molecule has 0 radical (unpaired) electrons. The van der Waals surface area contributed by atoms with Crippen molar-refractivity contribution in [3.8, 4) is 5.69 Å². The van der Waals surface area contributed by atoms with Crippen LogP contribution >= 0.6 is 0 Å². The van der Waals surface area contributed by atoms with Crippen LogP contribution in [0.2, 0.25) is 0 Å². The highest BCUT2D eigenvalue weighted by molar-refractivity contribution is 5.79. The number of nitrogens with zero attached hydrogens (tertiary/aromatic N) is 2. The molecule has 0 aliphatic carbocycles. The van der Waals surface area contributed by atoms with E-state index in [1.807, 2.05) is 109 Å². The van der Waals surface area contributed by atoms with Gasteiger partial charge in [-0.15, -0.1) is 0 Å². The fraction of sp³-hybridized carbons (Fsp3) is 0. The molecule has 0 aliphatic rings. The Kier molecular flexibility index (Phi) is 4.75. The Morgan fingerprint density at radius 3 is 2.11 bits per heavy atom. The molecule has 130 valence electrons. The van der Waals surface area contributed by atoms with Gasteiger partial charge in [-0.05, 0) is 35.9 Å². The van der Waals surface area contributed by atoms with Crippen LogP contribution in [0.3, 0.4) is 0 Å². The molecule has 0 saturated heterocycles. The molecule has 1 heterocycles. The van der Waals surface area contributed by atoms with E-state index in [2.05, 4.69) is 0 Å². The van der Waals surface area contributed by atoms with Crippen molar-refractivity contribution >= 4 is 23.1 Å². The summed E-state index contributed by atoms with van der Waals surface area (Å²) in [4.78, 5) is 17.8. The Labute approximate surface area is 157 Å². The minimum absolute atomic E-state index is 0.0708. The minimum Gasteiger partial charge on any atom is -0.268 e. The van der Waals surface area contributed by atoms with Crippen LogP contribution in [0.5, 0.6) is 0 Å². The molecule has 3 nitrogen and oxygen atoms in total. The standard InChI is InChI=1S/C24H18N2O/c27-24-21-16-8-9-17-22(21)25-23(26(24)20-14-5-2-6-15-20)18-10-7-13-19-11-3-1-4-12-19/h1-18H. The second-order valence-electron chi connectivity index (χ2n) is 6.09. The first-order chi connectivity index (χ1) is 13.3.